The molecule has 6 heteroatoms. The first-order valence-electron chi connectivity index (χ1n) is 12.7. The third kappa shape index (κ3) is 5.64. The molecule has 0 bridgehead atoms. The number of esters is 1. The lowest BCUT2D eigenvalue weighted by atomic mass is 9.92. The molecule has 2 aliphatic heterocycles. The van der Waals surface area contributed by atoms with Gasteiger partial charge in [0.25, 0.3) is 5.91 Å². The molecule has 0 spiro atoms. The molecule has 6 nitrogen and oxygen atoms in total. The van der Waals surface area contributed by atoms with Crippen molar-refractivity contribution in [1.82, 2.24) is 9.91 Å². The predicted octanol–water partition coefficient (Wildman–Crippen LogP) is 4.87. The van der Waals surface area contributed by atoms with E-state index in [2.05, 4.69) is 69.0 Å². The molecule has 2 aromatic carbocycles. The normalized spacial score (nSPS) is 19.1. The quantitative estimate of drug-likeness (QED) is 0.559. The Kier molecular flexibility index (Phi) is 7.70. The summed E-state index contributed by atoms with van der Waals surface area (Å²) in [5.74, 6) is -0.175. The minimum absolute atomic E-state index is 0.00487. The maximum Gasteiger partial charge on any atom is 0.309 e. The molecule has 2 aliphatic rings. The number of likely N-dealkylation sites (tertiary alicyclic amines) is 1. The van der Waals surface area contributed by atoms with E-state index in [1.807, 2.05) is 6.92 Å². The molecule has 0 unspecified atom stereocenters. The predicted molar refractivity (Wildman–Crippen MR) is 138 cm³/mol. The van der Waals surface area contributed by atoms with Gasteiger partial charge in [0.1, 0.15) is 0 Å². The van der Waals surface area contributed by atoms with Crippen LogP contribution in [0.3, 0.4) is 0 Å². The summed E-state index contributed by atoms with van der Waals surface area (Å²) in [6.45, 7) is 12.4. The molecule has 0 aliphatic carbocycles. The molecule has 35 heavy (non-hydrogen) atoms. The maximum absolute atomic E-state index is 13.6. The van der Waals surface area contributed by atoms with E-state index in [0.717, 1.165) is 29.7 Å². The Balaban J connectivity index is 1.55. The van der Waals surface area contributed by atoms with Gasteiger partial charge in [0.2, 0.25) is 0 Å². The number of rotatable bonds is 6. The van der Waals surface area contributed by atoms with Gasteiger partial charge in [-0.1, -0.05) is 47.5 Å². The highest BCUT2D eigenvalue weighted by atomic mass is 16.5. The Morgan fingerprint density at radius 3 is 2.34 bits per heavy atom. The molecule has 2 aromatic rings. The summed E-state index contributed by atoms with van der Waals surface area (Å²) in [6.07, 6.45) is 2.15. The summed E-state index contributed by atoms with van der Waals surface area (Å²) in [5.41, 5.74) is 7.97. The average Bonchev–Trinajstić information content (AvgIpc) is 3.26. The zero-order valence-corrected chi connectivity index (χ0v) is 21.6. The number of nitrogens with zero attached hydrogens (tertiary/aromatic N) is 3. The second kappa shape index (κ2) is 10.7. The van der Waals surface area contributed by atoms with E-state index in [1.54, 1.807) is 5.01 Å². The van der Waals surface area contributed by atoms with E-state index >= 15 is 0 Å². The molecule has 186 valence electrons. The summed E-state index contributed by atoms with van der Waals surface area (Å²) in [4.78, 5) is 27.8. The largest absolute Gasteiger partial charge is 0.466 e. The van der Waals surface area contributed by atoms with E-state index in [4.69, 9.17) is 9.84 Å². The van der Waals surface area contributed by atoms with Crippen molar-refractivity contribution in [2.24, 2.45) is 11.0 Å². The number of aryl methyl sites for hydroxylation is 4. The van der Waals surface area contributed by atoms with Crippen molar-refractivity contribution < 1.29 is 14.3 Å². The zero-order valence-electron chi connectivity index (χ0n) is 21.6. The van der Waals surface area contributed by atoms with Gasteiger partial charge < -0.3 is 4.74 Å². The third-order valence-corrected chi connectivity index (χ3v) is 7.22. The molecule has 4 rings (SSSR count). The molecule has 1 saturated heterocycles. The van der Waals surface area contributed by atoms with E-state index in [9.17, 15) is 9.59 Å². The van der Waals surface area contributed by atoms with Crippen LogP contribution in [0.15, 0.2) is 41.5 Å². The maximum atomic E-state index is 13.6. The fraction of sp³-hybridized carbons (Fsp3) is 0.483. The topological polar surface area (TPSA) is 62.2 Å². The van der Waals surface area contributed by atoms with Crippen molar-refractivity contribution in [3.8, 4) is 0 Å². The number of benzene rings is 2. The molecule has 0 N–H and O–H groups in total. The zero-order chi connectivity index (χ0) is 25.1. The molecule has 0 radical (unpaired) electrons. The van der Waals surface area contributed by atoms with Crippen LogP contribution in [0.2, 0.25) is 0 Å². The first-order valence-corrected chi connectivity index (χ1v) is 12.7. The van der Waals surface area contributed by atoms with Crippen molar-refractivity contribution in [2.45, 2.75) is 59.9 Å². The van der Waals surface area contributed by atoms with Crippen LogP contribution in [0.1, 0.15) is 65.6 Å². The summed E-state index contributed by atoms with van der Waals surface area (Å²) in [5, 5.41) is 6.63. The molecular weight excluding hydrogens is 438 g/mol. The van der Waals surface area contributed by atoms with Crippen molar-refractivity contribution in [1.29, 1.82) is 0 Å². The fourth-order valence-electron chi connectivity index (χ4n) is 5.25. The summed E-state index contributed by atoms with van der Waals surface area (Å²) in [7, 11) is 0. The van der Waals surface area contributed by atoms with Crippen LogP contribution in [-0.4, -0.2) is 53.7 Å². The van der Waals surface area contributed by atoms with Crippen LogP contribution in [0.5, 0.6) is 0 Å². The van der Waals surface area contributed by atoms with Crippen molar-refractivity contribution in [2.75, 3.05) is 26.2 Å². The molecule has 0 aromatic heterocycles. The number of amides is 1. The fourth-order valence-corrected chi connectivity index (χ4v) is 5.25. The monoisotopic (exact) mass is 475 g/mol. The van der Waals surface area contributed by atoms with E-state index in [-0.39, 0.29) is 23.8 Å². The van der Waals surface area contributed by atoms with Gasteiger partial charge in [-0.2, -0.15) is 5.10 Å². The van der Waals surface area contributed by atoms with Crippen molar-refractivity contribution in [3.05, 3.63) is 69.8 Å². The van der Waals surface area contributed by atoms with Crippen LogP contribution in [0, 0.1) is 33.6 Å². The highest BCUT2D eigenvalue weighted by Gasteiger charge is 2.36. The van der Waals surface area contributed by atoms with Gasteiger partial charge in [-0.3, -0.25) is 14.5 Å². The number of hydrazone groups is 1. The molecule has 0 saturated carbocycles. The van der Waals surface area contributed by atoms with Gasteiger partial charge in [0.15, 0.2) is 0 Å². The Bertz CT molecular complexity index is 1130. The second-order valence-electron chi connectivity index (χ2n) is 9.99. The Hall–Kier alpha value is -2.99. The smallest absolute Gasteiger partial charge is 0.309 e. The molecular formula is C29H37N3O3. The summed E-state index contributed by atoms with van der Waals surface area (Å²) >= 11 is 0. The van der Waals surface area contributed by atoms with Crippen LogP contribution in [0.25, 0.3) is 0 Å². The molecule has 2 heterocycles. The number of carbonyl (C=O) groups is 2. The molecule has 1 fully saturated rings. The number of ether oxygens (including phenoxy) is 1. The van der Waals surface area contributed by atoms with Gasteiger partial charge in [-0.15, -0.1) is 0 Å². The number of hydrogen-bond acceptors (Lipinski definition) is 5. The van der Waals surface area contributed by atoms with Gasteiger partial charge in [-0.05, 0) is 77.2 Å². The van der Waals surface area contributed by atoms with E-state index < -0.39 is 0 Å². The lowest BCUT2D eigenvalue weighted by molar-refractivity contribution is -0.149. The van der Waals surface area contributed by atoms with Crippen LogP contribution in [-0.2, 0) is 14.3 Å². The third-order valence-electron chi connectivity index (χ3n) is 7.22. The number of hydrogen-bond donors (Lipinski definition) is 0. The number of carbonyl (C=O) groups excluding carboxylic acids is 2. The average molecular weight is 476 g/mol. The number of piperidine rings is 1. The van der Waals surface area contributed by atoms with Crippen molar-refractivity contribution >= 4 is 17.6 Å². The minimum atomic E-state index is -0.116. The summed E-state index contributed by atoms with van der Waals surface area (Å²) < 4.78 is 5.18. The Labute approximate surface area is 209 Å². The minimum Gasteiger partial charge on any atom is -0.466 e. The van der Waals surface area contributed by atoms with Gasteiger partial charge in [0, 0.05) is 12.0 Å². The highest BCUT2D eigenvalue weighted by molar-refractivity contribution is 6.04. The van der Waals surface area contributed by atoms with E-state index in [1.165, 1.54) is 22.3 Å². The van der Waals surface area contributed by atoms with Gasteiger partial charge in [0.05, 0.1) is 30.8 Å². The SMILES string of the molecule is CCOC(=O)C1CCN(CC(=O)N2N=C(c3ccc(C)cc3C)C[C@H]2c2cc(C)ccc2C)CC1. The van der Waals surface area contributed by atoms with Crippen LogP contribution >= 0.6 is 0 Å². The Morgan fingerprint density at radius 1 is 0.971 bits per heavy atom. The van der Waals surface area contributed by atoms with E-state index in [0.29, 0.717) is 32.7 Å². The standard InChI is InChI=1S/C29H37N3O3/c1-6-35-29(34)23-11-13-31(14-12-23)18-28(33)32-27(25-16-20(3)7-9-21(25)4)17-26(30-32)24-10-8-19(2)15-22(24)5/h7-10,15-16,23,27H,6,11-14,17-18H2,1-5H3/t27-/m0/s1. The van der Waals surface area contributed by atoms with Crippen LogP contribution < -0.4 is 0 Å². The highest BCUT2D eigenvalue weighted by Crippen LogP contribution is 2.36. The summed E-state index contributed by atoms with van der Waals surface area (Å²) in [6, 6.07) is 12.7. The van der Waals surface area contributed by atoms with Crippen molar-refractivity contribution in [3.63, 3.8) is 0 Å². The van der Waals surface area contributed by atoms with Gasteiger partial charge in [-0.25, -0.2) is 5.01 Å². The lowest BCUT2D eigenvalue weighted by Crippen LogP contribution is -2.43. The van der Waals surface area contributed by atoms with Crippen LogP contribution in [0.4, 0.5) is 0 Å². The molecule has 1 amide bonds. The second-order valence-corrected chi connectivity index (χ2v) is 9.99. The first kappa shape index (κ1) is 25.1. The Morgan fingerprint density at radius 2 is 1.66 bits per heavy atom. The first-order chi connectivity index (χ1) is 16.8. The molecule has 1 atom stereocenters. The van der Waals surface area contributed by atoms with Gasteiger partial charge >= 0.3 is 5.97 Å². The lowest BCUT2D eigenvalue weighted by Gasteiger charge is -2.32.